The van der Waals surface area contributed by atoms with Gasteiger partial charge in [0.05, 0.1) is 10.9 Å². The van der Waals surface area contributed by atoms with Gasteiger partial charge < -0.3 is 0 Å². The van der Waals surface area contributed by atoms with Crippen LogP contribution in [0.3, 0.4) is 0 Å². The molecule has 0 saturated carbocycles. The Bertz CT molecular complexity index is 1460. The van der Waals surface area contributed by atoms with E-state index in [2.05, 4.69) is 110 Å². The second kappa shape index (κ2) is 7.85. The molecule has 4 aromatic rings. The number of pyridine rings is 1. The highest BCUT2D eigenvalue weighted by Gasteiger charge is 2.33. The number of aromatic nitrogens is 1. The zero-order chi connectivity index (χ0) is 24.6. The molecule has 0 unspecified atom stereocenters. The van der Waals surface area contributed by atoms with Gasteiger partial charge in [-0.05, 0) is 82.0 Å². The van der Waals surface area contributed by atoms with Crippen LogP contribution in [0, 0.1) is 24.7 Å². The molecule has 0 radical (unpaired) electrons. The van der Waals surface area contributed by atoms with Crippen LogP contribution in [-0.2, 0) is 19.9 Å². The maximum Gasteiger partial charge on any atom is 0.222 e. The summed E-state index contributed by atoms with van der Waals surface area (Å²) >= 11 is 2.02. The summed E-state index contributed by atoms with van der Waals surface area (Å²) in [5.41, 5.74) is 9.05. The Labute approximate surface area is 209 Å². The minimum Gasteiger partial charge on any atom is -0.200 e. The van der Waals surface area contributed by atoms with E-state index in [9.17, 15) is 0 Å². The molecule has 1 aliphatic heterocycles. The molecule has 0 aliphatic carbocycles. The number of hydrogen-bond acceptors (Lipinski definition) is 1. The lowest BCUT2D eigenvalue weighted by Gasteiger charge is -2.29. The molecule has 34 heavy (non-hydrogen) atoms. The van der Waals surface area contributed by atoms with Gasteiger partial charge in [0.2, 0.25) is 5.69 Å². The third kappa shape index (κ3) is 3.94. The molecule has 0 amide bonds. The Morgan fingerprint density at radius 3 is 2.24 bits per heavy atom. The molecule has 2 heterocycles. The lowest BCUT2D eigenvalue weighted by molar-refractivity contribution is -0.659. The first kappa shape index (κ1) is 23.4. The highest BCUT2D eigenvalue weighted by Crippen LogP contribution is 2.53. The predicted octanol–water partition coefficient (Wildman–Crippen LogP) is 8.74. The highest BCUT2D eigenvalue weighted by molar-refractivity contribution is 7.99. The summed E-state index contributed by atoms with van der Waals surface area (Å²) < 4.78 is 2.35. The summed E-state index contributed by atoms with van der Waals surface area (Å²) in [5, 5.41) is 5.65. The lowest BCUT2D eigenvalue weighted by atomic mass is 9.82. The van der Waals surface area contributed by atoms with Crippen molar-refractivity contribution >= 4 is 33.3 Å². The van der Waals surface area contributed by atoms with Crippen molar-refractivity contribution in [1.82, 2.24) is 0 Å². The van der Waals surface area contributed by atoms with Gasteiger partial charge in [0.25, 0.3) is 0 Å². The third-order valence-electron chi connectivity index (χ3n) is 7.00. The van der Waals surface area contributed by atoms with Crippen molar-refractivity contribution in [3.8, 4) is 11.3 Å². The van der Waals surface area contributed by atoms with Gasteiger partial charge in [-0.15, -0.1) is 0 Å². The summed E-state index contributed by atoms with van der Waals surface area (Å²) in [6.45, 7) is 18.7. The van der Waals surface area contributed by atoms with Crippen LogP contribution in [0.2, 0.25) is 0 Å². The van der Waals surface area contributed by atoms with Gasteiger partial charge in [-0.2, -0.15) is 0 Å². The summed E-state index contributed by atoms with van der Waals surface area (Å²) in [5.74, 6) is 0. The van der Waals surface area contributed by atoms with Gasteiger partial charge in [0, 0.05) is 15.9 Å². The van der Waals surface area contributed by atoms with Crippen LogP contribution in [0.4, 0.5) is 0 Å². The van der Waals surface area contributed by atoms with Crippen molar-refractivity contribution < 1.29 is 4.57 Å². The summed E-state index contributed by atoms with van der Waals surface area (Å²) in [6.07, 6.45) is 4.41. The number of nitrogens with zero attached hydrogens (tertiary/aromatic N) is 1. The lowest BCUT2D eigenvalue weighted by Crippen LogP contribution is -2.32. The van der Waals surface area contributed by atoms with Gasteiger partial charge in [0.15, 0.2) is 6.20 Å². The fraction of sp³-hybridized carbons (Fsp3) is 0.406. The second-order valence-electron chi connectivity index (χ2n) is 12.7. The van der Waals surface area contributed by atoms with Gasteiger partial charge >= 0.3 is 0 Å². The Hall–Kier alpha value is -2.32. The maximum absolute atomic E-state index is 2.48. The smallest absolute Gasteiger partial charge is 0.200 e. The second-order valence-corrected chi connectivity index (χ2v) is 13.8. The summed E-state index contributed by atoms with van der Waals surface area (Å²) in [4.78, 5) is 2.88. The average molecular weight is 469 g/mol. The first-order valence-electron chi connectivity index (χ1n) is 12.5. The molecule has 0 bridgehead atoms. The van der Waals surface area contributed by atoms with Gasteiger partial charge in [-0.25, -0.2) is 4.57 Å². The van der Waals surface area contributed by atoms with Gasteiger partial charge in [0.1, 0.15) is 7.05 Å². The number of hydrogen-bond donors (Lipinski definition) is 0. The quantitative estimate of drug-likeness (QED) is 0.234. The topological polar surface area (TPSA) is 3.88 Å². The first-order chi connectivity index (χ1) is 15.8. The van der Waals surface area contributed by atoms with Gasteiger partial charge in [-0.3, -0.25) is 0 Å². The average Bonchev–Trinajstić information content (AvgIpc) is 2.71. The zero-order valence-corrected chi connectivity index (χ0v) is 23.1. The number of rotatable bonds is 2. The predicted molar refractivity (Wildman–Crippen MR) is 148 cm³/mol. The monoisotopic (exact) mass is 468 g/mol. The molecule has 176 valence electrons. The van der Waals surface area contributed by atoms with Crippen molar-refractivity contribution in [2.75, 3.05) is 0 Å². The molecule has 1 nitrogen and oxygen atoms in total. The molecular weight excluding hydrogens is 430 g/mol. The van der Waals surface area contributed by atoms with Crippen LogP contribution in [0.25, 0.3) is 32.8 Å². The fourth-order valence-corrected chi connectivity index (χ4v) is 7.17. The van der Waals surface area contributed by atoms with E-state index >= 15 is 0 Å². The minimum absolute atomic E-state index is 0.210. The Morgan fingerprint density at radius 2 is 1.56 bits per heavy atom. The van der Waals surface area contributed by atoms with Crippen molar-refractivity contribution in [2.24, 2.45) is 17.9 Å². The van der Waals surface area contributed by atoms with E-state index < -0.39 is 0 Å². The first-order valence-corrected chi connectivity index (χ1v) is 13.3. The van der Waals surface area contributed by atoms with Gasteiger partial charge in [-0.1, -0.05) is 77.6 Å². The van der Waals surface area contributed by atoms with E-state index in [0.717, 1.165) is 12.8 Å². The molecular formula is C32H38NS+. The van der Waals surface area contributed by atoms with Crippen molar-refractivity contribution in [3.63, 3.8) is 0 Å². The summed E-state index contributed by atoms with van der Waals surface area (Å²) in [6, 6.07) is 14.0. The van der Waals surface area contributed by atoms with Crippen molar-refractivity contribution in [2.45, 2.75) is 78.0 Å². The third-order valence-corrected chi connectivity index (χ3v) is 8.20. The van der Waals surface area contributed by atoms with E-state index in [-0.39, 0.29) is 10.8 Å². The Balaban J connectivity index is 1.91. The van der Waals surface area contributed by atoms with Crippen molar-refractivity contribution in [1.29, 1.82) is 0 Å². The maximum atomic E-state index is 2.48. The van der Waals surface area contributed by atoms with E-state index in [1.807, 2.05) is 11.8 Å². The number of fused-ring (bicyclic) bond motifs is 3. The molecule has 0 N–H and O–H groups in total. The van der Waals surface area contributed by atoms with E-state index in [1.165, 1.54) is 64.8 Å². The van der Waals surface area contributed by atoms with E-state index in [1.54, 1.807) is 0 Å². The standard InChI is InChI=1S/C32H38NS/c1-19-11-10-12-23-20(2)27-29-28-22(13-14-33(29)9)15-21(17-31(3,4)5)16-25(28)34-30(27)24(26(19)23)18-32(6,7)8/h10-16H,17-18H2,1-9H3/q+1. The molecule has 1 aromatic heterocycles. The minimum atomic E-state index is 0.210. The molecule has 5 rings (SSSR count). The number of benzene rings is 3. The largest absolute Gasteiger partial charge is 0.222 e. The zero-order valence-electron chi connectivity index (χ0n) is 22.3. The van der Waals surface area contributed by atoms with Crippen LogP contribution in [0.15, 0.2) is 52.4 Å². The van der Waals surface area contributed by atoms with Crippen LogP contribution in [0.1, 0.15) is 63.8 Å². The molecule has 0 atom stereocenters. The molecule has 0 spiro atoms. The molecule has 2 heteroatoms. The molecule has 3 aromatic carbocycles. The highest BCUT2D eigenvalue weighted by atomic mass is 32.2. The normalized spacial score (nSPS) is 13.6. The summed E-state index contributed by atoms with van der Waals surface area (Å²) in [7, 11) is 2.21. The van der Waals surface area contributed by atoms with E-state index in [0.29, 0.717) is 0 Å². The van der Waals surface area contributed by atoms with Crippen LogP contribution < -0.4 is 4.57 Å². The Morgan fingerprint density at radius 1 is 0.853 bits per heavy atom. The van der Waals surface area contributed by atoms with Crippen LogP contribution in [-0.4, -0.2) is 0 Å². The molecule has 1 aliphatic rings. The van der Waals surface area contributed by atoms with Crippen molar-refractivity contribution in [3.05, 3.63) is 64.8 Å². The SMILES string of the molecule is Cc1c2c(c(CC(C)(C)C)c3c(C)cccc13)Sc1cc(CC(C)(C)C)cc3cc[n+](C)c-2c13. The van der Waals surface area contributed by atoms with Crippen LogP contribution in [0.5, 0.6) is 0 Å². The number of aryl methyl sites for hydroxylation is 3. The van der Waals surface area contributed by atoms with Crippen LogP contribution >= 0.6 is 11.8 Å². The Kier molecular flexibility index (Phi) is 5.41. The molecule has 0 saturated heterocycles. The fourth-order valence-electron chi connectivity index (χ4n) is 5.78. The van der Waals surface area contributed by atoms with E-state index in [4.69, 9.17) is 0 Å². The molecule has 0 fully saturated rings.